The monoisotopic (exact) mass is 280 g/mol. The first kappa shape index (κ1) is 16.9. The van der Waals surface area contributed by atoms with Gasteiger partial charge in [0.2, 0.25) is 0 Å². The van der Waals surface area contributed by atoms with Gasteiger partial charge in [0.1, 0.15) is 0 Å². The van der Waals surface area contributed by atoms with E-state index in [0.29, 0.717) is 0 Å². The molecule has 2 heterocycles. The van der Waals surface area contributed by atoms with Crippen LogP contribution in [0.3, 0.4) is 0 Å². The second kappa shape index (κ2) is 9.72. The minimum Gasteiger partial charge on any atom is -0.393 e. The predicted molar refractivity (Wildman–Crippen MR) is 83.2 cm³/mol. The van der Waals surface area contributed by atoms with E-state index in [1.54, 1.807) is 14.2 Å². The van der Waals surface area contributed by atoms with Gasteiger partial charge in [-0.05, 0) is 37.8 Å². The van der Waals surface area contributed by atoms with Gasteiger partial charge in [-0.1, -0.05) is 13.3 Å². The lowest BCUT2D eigenvalue weighted by molar-refractivity contribution is 0.145. The molecule has 0 aliphatic carbocycles. The summed E-state index contributed by atoms with van der Waals surface area (Å²) in [5.41, 5.74) is 2.38. The van der Waals surface area contributed by atoms with Gasteiger partial charge in [0, 0.05) is 33.0 Å². The molecule has 0 spiro atoms. The van der Waals surface area contributed by atoms with Crippen molar-refractivity contribution < 1.29 is 9.84 Å². The van der Waals surface area contributed by atoms with E-state index < -0.39 is 0 Å². The van der Waals surface area contributed by atoms with Crippen LogP contribution in [0.2, 0.25) is 0 Å². The first-order chi connectivity index (χ1) is 9.71. The number of hydrogen-bond donors (Lipinski definition) is 1. The van der Waals surface area contributed by atoms with Crippen LogP contribution in [0.4, 0.5) is 5.69 Å². The van der Waals surface area contributed by atoms with Gasteiger partial charge in [0.25, 0.3) is 0 Å². The highest BCUT2D eigenvalue weighted by atomic mass is 16.4. The highest BCUT2D eigenvalue weighted by Gasteiger charge is 2.17. The van der Waals surface area contributed by atoms with Crippen LogP contribution in [-0.2, 0) is 11.2 Å². The summed E-state index contributed by atoms with van der Waals surface area (Å²) in [4.78, 5) is 6.82. The molecule has 0 radical (unpaired) electrons. The lowest BCUT2D eigenvalue weighted by atomic mass is 10.1. The zero-order chi connectivity index (χ0) is 14.8. The number of aliphatic hydroxyl groups is 1. The minimum absolute atomic E-state index is 0.108. The molecule has 1 aliphatic rings. The Bertz CT molecular complexity index is 346. The van der Waals surface area contributed by atoms with Crippen molar-refractivity contribution in [3.05, 3.63) is 24.0 Å². The number of methoxy groups -OCH3 is 1. The molecule has 0 unspecified atom stereocenters. The van der Waals surface area contributed by atoms with E-state index in [9.17, 15) is 5.11 Å². The van der Waals surface area contributed by atoms with Gasteiger partial charge in [-0.15, -0.1) is 0 Å². The Morgan fingerprint density at radius 1 is 1.30 bits per heavy atom. The lowest BCUT2D eigenvalue weighted by Crippen LogP contribution is -2.35. The molecule has 1 aromatic heterocycles. The first-order valence-corrected chi connectivity index (χ1v) is 7.49. The number of aromatic nitrogens is 1. The maximum Gasteiger partial charge on any atom is 0.0574 e. The molecule has 20 heavy (non-hydrogen) atoms. The SMILES string of the molecule is CCCCc1ccc(N2CCC(O)CC2)cn1.COC. The van der Waals surface area contributed by atoms with E-state index in [0.717, 1.165) is 32.4 Å². The molecular formula is C16H28N2O2. The largest absolute Gasteiger partial charge is 0.393 e. The van der Waals surface area contributed by atoms with E-state index in [1.807, 2.05) is 6.20 Å². The number of aryl methyl sites for hydroxylation is 1. The van der Waals surface area contributed by atoms with Crippen LogP contribution in [0.1, 0.15) is 38.3 Å². The number of ether oxygens (including phenoxy) is 1. The normalized spacial score (nSPS) is 15.7. The lowest BCUT2D eigenvalue weighted by Gasteiger charge is -2.31. The topological polar surface area (TPSA) is 45.6 Å². The van der Waals surface area contributed by atoms with Gasteiger partial charge < -0.3 is 14.7 Å². The summed E-state index contributed by atoms with van der Waals surface area (Å²) in [6.07, 6.45) is 7.12. The minimum atomic E-state index is -0.108. The molecule has 0 aromatic carbocycles. The molecule has 1 saturated heterocycles. The van der Waals surface area contributed by atoms with Gasteiger partial charge in [0.15, 0.2) is 0 Å². The van der Waals surface area contributed by atoms with E-state index in [2.05, 4.69) is 33.7 Å². The quantitative estimate of drug-likeness (QED) is 0.921. The third-order valence-corrected chi connectivity index (χ3v) is 3.43. The maximum absolute atomic E-state index is 9.47. The van der Waals surface area contributed by atoms with Crippen molar-refractivity contribution >= 4 is 5.69 Å². The molecule has 114 valence electrons. The Kier molecular flexibility index (Phi) is 8.23. The Hall–Kier alpha value is -1.13. The molecule has 1 N–H and O–H groups in total. The van der Waals surface area contributed by atoms with Crippen molar-refractivity contribution in [2.75, 3.05) is 32.2 Å². The van der Waals surface area contributed by atoms with Crippen molar-refractivity contribution in [2.45, 2.75) is 45.1 Å². The van der Waals surface area contributed by atoms with Crippen LogP contribution in [0.5, 0.6) is 0 Å². The molecule has 1 aliphatic heterocycles. The molecular weight excluding hydrogens is 252 g/mol. The van der Waals surface area contributed by atoms with Crippen LogP contribution in [-0.4, -0.2) is 43.5 Å². The Balaban J connectivity index is 0.000000612. The molecule has 0 amide bonds. The van der Waals surface area contributed by atoms with Crippen LogP contribution in [0.25, 0.3) is 0 Å². The van der Waals surface area contributed by atoms with Gasteiger partial charge in [-0.3, -0.25) is 4.98 Å². The summed E-state index contributed by atoms with van der Waals surface area (Å²) >= 11 is 0. The summed E-state index contributed by atoms with van der Waals surface area (Å²) < 4.78 is 4.25. The Morgan fingerprint density at radius 2 is 1.95 bits per heavy atom. The second-order valence-electron chi connectivity index (χ2n) is 5.24. The highest BCUT2D eigenvalue weighted by molar-refractivity contribution is 5.44. The zero-order valence-corrected chi connectivity index (χ0v) is 13.0. The van der Waals surface area contributed by atoms with E-state index >= 15 is 0 Å². The van der Waals surface area contributed by atoms with Crippen molar-refractivity contribution in [3.8, 4) is 0 Å². The number of hydrogen-bond acceptors (Lipinski definition) is 4. The Labute approximate surface area is 122 Å². The number of piperidine rings is 1. The molecule has 1 fully saturated rings. The fraction of sp³-hybridized carbons (Fsp3) is 0.688. The summed E-state index contributed by atoms with van der Waals surface area (Å²) in [5, 5.41) is 9.47. The molecule has 0 atom stereocenters. The number of rotatable bonds is 4. The van der Waals surface area contributed by atoms with Crippen molar-refractivity contribution in [1.82, 2.24) is 4.98 Å². The smallest absolute Gasteiger partial charge is 0.0574 e. The summed E-state index contributed by atoms with van der Waals surface area (Å²) in [5.74, 6) is 0. The van der Waals surface area contributed by atoms with Crippen molar-refractivity contribution in [3.63, 3.8) is 0 Å². The average Bonchev–Trinajstić information content (AvgIpc) is 2.47. The molecule has 0 saturated carbocycles. The van der Waals surface area contributed by atoms with Crippen molar-refractivity contribution in [1.29, 1.82) is 0 Å². The number of nitrogens with zero attached hydrogens (tertiary/aromatic N) is 2. The highest BCUT2D eigenvalue weighted by Crippen LogP contribution is 2.19. The molecule has 0 bridgehead atoms. The van der Waals surface area contributed by atoms with Gasteiger partial charge in [0.05, 0.1) is 18.0 Å². The van der Waals surface area contributed by atoms with Crippen LogP contribution < -0.4 is 4.90 Å². The zero-order valence-electron chi connectivity index (χ0n) is 13.0. The van der Waals surface area contributed by atoms with E-state index in [4.69, 9.17) is 0 Å². The van der Waals surface area contributed by atoms with Crippen LogP contribution in [0, 0.1) is 0 Å². The molecule has 4 heteroatoms. The van der Waals surface area contributed by atoms with Gasteiger partial charge >= 0.3 is 0 Å². The summed E-state index contributed by atoms with van der Waals surface area (Å²) in [6.45, 7) is 4.09. The van der Waals surface area contributed by atoms with Crippen molar-refractivity contribution in [2.24, 2.45) is 0 Å². The fourth-order valence-corrected chi connectivity index (χ4v) is 2.23. The van der Waals surface area contributed by atoms with E-state index in [1.165, 1.54) is 24.2 Å². The second-order valence-corrected chi connectivity index (χ2v) is 5.24. The third-order valence-electron chi connectivity index (χ3n) is 3.43. The first-order valence-electron chi connectivity index (χ1n) is 7.49. The molecule has 4 nitrogen and oxygen atoms in total. The third kappa shape index (κ3) is 5.88. The predicted octanol–water partition coefficient (Wildman–Crippen LogP) is 2.65. The molecule has 2 rings (SSSR count). The summed E-state index contributed by atoms with van der Waals surface area (Å²) in [7, 11) is 3.25. The number of aliphatic hydroxyl groups excluding tert-OH is 1. The standard InChI is InChI=1S/C14H22N2O.C2H6O/c1-2-3-4-12-5-6-13(11-15-12)16-9-7-14(17)8-10-16;1-3-2/h5-6,11,14,17H,2-4,7-10H2,1H3;1-2H3. The van der Waals surface area contributed by atoms with Gasteiger partial charge in [-0.25, -0.2) is 0 Å². The average molecular weight is 280 g/mol. The van der Waals surface area contributed by atoms with E-state index in [-0.39, 0.29) is 6.10 Å². The number of pyridine rings is 1. The van der Waals surface area contributed by atoms with Crippen LogP contribution in [0.15, 0.2) is 18.3 Å². The number of unbranched alkanes of at least 4 members (excludes halogenated alkanes) is 1. The Morgan fingerprint density at radius 3 is 2.45 bits per heavy atom. The maximum atomic E-state index is 9.47. The molecule has 1 aromatic rings. The van der Waals surface area contributed by atoms with Crippen LogP contribution >= 0.6 is 0 Å². The fourth-order valence-electron chi connectivity index (χ4n) is 2.23. The number of anilines is 1. The van der Waals surface area contributed by atoms with Gasteiger partial charge in [-0.2, -0.15) is 0 Å². The summed E-state index contributed by atoms with van der Waals surface area (Å²) in [6, 6.07) is 4.30.